The minimum absolute atomic E-state index is 0.112. The second kappa shape index (κ2) is 5.23. The van der Waals surface area contributed by atoms with E-state index in [2.05, 4.69) is 0 Å². The zero-order chi connectivity index (χ0) is 14.7. The quantitative estimate of drug-likeness (QED) is 0.373. The van der Waals surface area contributed by atoms with Crippen molar-refractivity contribution >= 4 is 23.9 Å². The molecule has 1 unspecified atom stereocenters. The molecular formula is C11H8N4O5. The zero-order valence-corrected chi connectivity index (χ0v) is 9.98. The fraction of sp³-hybridized carbons (Fsp3) is 0.182. The lowest BCUT2D eigenvalue weighted by Gasteiger charge is -2.00. The van der Waals surface area contributed by atoms with Crippen molar-refractivity contribution in [2.24, 2.45) is 0 Å². The van der Waals surface area contributed by atoms with Gasteiger partial charge in [0.1, 0.15) is 16.7 Å². The SMILES string of the molecule is N#CC1CN1C(=O)NC(=O)/C=C/c1ccc([N+](=O)[O-])o1. The summed E-state index contributed by atoms with van der Waals surface area (Å²) in [4.78, 5) is 33.6. The summed E-state index contributed by atoms with van der Waals surface area (Å²) in [6.45, 7) is 0.295. The molecule has 1 saturated heterocycles. The normalized spacial score (nSPS) is 16.8. The van der Waals surface area contributed by atoms with Gasteiger partial charge in [0.05, 0.1) is 18.7 Å². The zero-order valence-electron chi connectivity index (χ0n) is 9.98. The predicted molar refractivity (Wildman–Crippen MR) is 64.0 cm³/mol. The van der Waals surface area contributed by atoms with E-state index < -0.39 is 28.8 Å². The van der Waals surface area contributed by atoms with Crippen LogP contribution < -0.4 is 5.32 Å². The molecule has 3 amide bonds. The van der Waals surface area contributed by atoms with Crippen molar-refractivity contribution in [2.45, 2.75) is 6.04 Å². The highest BCUT2D eigenvalue weighted by Gasteiger charge is 2.38. The number of nitro groups is 1. The molecule has 0 bridgehead atoms. The molecule has 1 aromatic heterocycles. The van der Waals surface area contributed by atoms with Gasteiger partial charge in [0.25, 0.3) is 5.91 Å². The van der Waals surface area contributed by atoms with Crippen LogP contribution >= 0.6 is 0 Å². The van der Waals surface area contributed by atoms with Gasteiger partial charge in [0.15, 0.2) is 0 Å². The van der Waals surface area contributed by atoms with Gasteiger partial charge in [-0.05, 0) is 12.1 Å². The summed E-state index contributed by atoms with van der Waals surface area (Å²) in [6, 6.07) is 3.20. The van der Waals surface area contributed by atoms with Gasteiger partial charge in [-0.15, -0.1) is 0 Å². The first-order valence-electron chi connectivity index (χ1n) is 5.45. The Balaban J connectivity index is 1.87. The van der Waals surface area contributed by atoms with E-state index >= 15 is 0 Å². The second-order valence-electron chi connectivity index (χ2n) is 3.86. The smallest absolute Gasteiger partial charge is 0.401 e. The van der Waals surface area contributed by atoms with Gasteiger partial charge < -0.3 is 9.32 Å². The average molecular weight is 276 g/mol. The van der Waals surface area contributed by atoms with Gasteiger partial charge in [-0.25, -0.2) is 4.79 Å². The first-order chi connectivity index (χ1) is 9.51. The topological polar surface area (TPSA) is 129 Å². The molecule has 20 heavy (non-hydrogen) atoms. The van der Waals surface area contributed by atoms with Gasteiger partial charge in [-0.1, -0.05) is 0 Å². The lowest BCUT2D eigenvalue weighted by molar-refractivity contribution is -0.402. The Hall–Kier alpha value is -3.15. The lowest BCUT2D eigenvalue weighted by Crippen LogP contribution is -2.33. The molecule has 9 nitrogen and oxygen atoms in total. The fourth-order valence-electron chi connectivity index (χ4n) is 1.38. The second-order valence-corrected chi connectivity index (χ2v) is 3.86. The fourth-order valence-corrected chi connectivity index (χ4v) is 1.38. The third-order valence-electron chi connectivity index (χ3n) is 2.44. The number of nitrogens with one attached hydrogen (secondary N) is 1. The highest BCUT2D eigenvalue weighted by atomic mass is 16.6. The van der Waals surface area contributed by atoms with Crippen LogP contribution in [-0.4, -0.2) is 34.3 Å². The van der Waals surface area contributed by atoms with Crippen LogP contribution in [0.25, 0.3) is 6.08 Å². The summed E-state index contributed by atoms with van der Waals surface area (Å²) in [5, 5.41) is 20.9. The van der Waals surface area contributed by atoms with Crippen molar-refractivity contribution in [3.63, 3.8) is 0 Å². The van der Waals surface area contributed by atoms with Gasteiger partial charge in [0, 0.05) is 6.08 Å². The molecular weight excluding hydrogens is 268 g/mol. The number of hydrogen-bond acceptors (Lipinski definition) is 6. The van der Waals surface area contributed by atoms with Crippen molar-refractivity contribution in [3.8, 4) is 6.07 Å². The van der Waals surface area contributed by atoms with Crippen LogP contribution in [0.2, 0.25) is 0 Å². The van der Waals surface area contributed by atoms with Crippen LogP contribution in [0.15, 0.2) is 22.6 Å². The number of hydrogen-bond donors (Lipinski definition) is 1. The predicted octanol–water partition coefficient (Wildman–Crippen LogP) is 0.645. The molecule has 1 aliphatic rings. The largest absolute Gasteiger partial charge is 0.433 e. The number of urea groups is 1. The van der Waals surface area contributed by atoms with Crippen LogP contribution in [0.4, 0.5) is 10.7 Å². The van der Waals surface area contributed by atoms with E-state index in [1.807, 2.05) is 11.4 Å². The Morgan fingerprint density at radius 3 is 2.90 bits per heavy atom. The van der Waals surface area contributed by atoms with Crippen molar-refractivity contribution < 1.29 is 18.9 Å². The van der Waals surface area contributed by atoms with E-state index in [1.165, 1.54) is 17.0 Å². The lowest BCUT2D eigenvalue weighted by atomic mass is 10.4. The Kier molecular flexibility index (Phi) is 3.47. The van der Waals surface area contributed by atoms with Crippen LogP contribution in [-0.2, 0) is 4.79 Å². The third-order valence-corrected chi connectivity index (χ3v) is 2.44. The molecule has 2 rings (SSSR count). The standard InChI is InChI=1S/C11H8N4O5/c12-5-7-6-14(7)11(17)13-9(16)3-1-8-2-4-10(20-8)15(18)19/h1-4,7H,6H2,(H,13,16,17)/b3-1+. The van der Waals surface area contributed by atoms with E-state index in [1.54, 1.807) is 0 Å². The number of carbonyl (C=O) groups excluding carboxylic acids is 2. The Bertz CT molecular complexity index is 641. The average Bonchev–Trinajstić information content (AvgIpc) is 3.05. The van der Waals surface area contributed by atoms with Crippen LogP contribution in [0.5, 0.6) is 0 Å². The summed E-state index contributed by atoms with van der Waals surface area (Å²) in [7, 11) is 0. The van der Waals surface area contributed by atoms with Gasteiger partial charge in [-0.2, -0.15) is 5.26 Å². The molecule has 1 aliphatic heterocycles. The summed E-state index contributed by atoms with van der Waals surface area (Å²) in [6.07, 6.45) is 2.20. The number of amides is 3. The summed E-state index contributed by atoms with van der Waals surface area (Å²) < 4.78 is 4.79. The molecule has 9 heteroatoms. The van der Waals surface area contributed by atoms with E-state index in [0.29, 0.717) is 6.54 Å². The Morgan fingerprint density at radius 1 is 1.60 bits per heavy atom. The first-order valence-corrected chi connectivity index (χ1v) is 5.45. The molecule has 1 N–H and O–H groups in total. The van der Waals surface area contributed by atoms with Crippen LogP contribution in [0.3, 0.4) is 0 Å². The molecule has 0 aliphatic carbocycles. The maximum absolute atomic E-state index is 11.4. The van der Waals surface area contributed by atoms with E-state index in [4.69, 9.17) is 9.68 Å². The van der Waals surface area contributed by atoms with Crippen LogP contribution in [0.1, 0.15) is 5.76 Å². The highest BCUT2D eigenvalue weighted by Crippen LogP contribution is 2.17. The van der Waals surface area contributed by atoms with Crippen molar-refractivity contribution in [2.75, 3.05) is 6.54 Å². The molecule has 2 heterocycles. The van der Waals surface area contributed by atoms with Crippen molar-refractivity contribution in [1.82, 2.24) is 10.2 Å². The minimum Gasteiger partial charge on any atom is -0.401 e. The van der Waals surface area contributed by atoms with E-state index in [9.17, 15) is 19.7 Å². The Morgan fingerprint density at radius 2 is 2.35 bits per heavy atom. The molecule has 102 valence electrons. The van der Waals surface area contributed by atoms with E-state index in [-0.39, 0.29) is 5.76 Å². The molecule has 0 saturated carbocycles. The number of furan rings is 1. The monoisotopic (exact) mass is 276 g/mol. The van der Waals surface area contributed by atoms with Gasteiger partial charge >= 0.3 is 11.9 Å². The summed E-state index contributed by atoms with van der Waals surface area (Å²) in [5.41, 5.74) is 0. The maximum atomic E-state index is 11.4. The number of nitrogens with zero attached hydrogens (tertiary/aromatic N) is 3. The third kappa shape index (κ3) is 2.99. The van der Waals surface area contributed by atoms with Gasteiger partial charge in [-0.3, -0.25) is 20.2 Å². The van der Waals surface area contributed by atoms with Crippen LogP contribution in [0, 0.1) is 21.4 Å². The van der Waals surface area contributed by atoms with Crippen molar-refractivity contribution in [1.29, 1.82) is 5.26 Å². The first kappa shape index (κ1) is 13.3. The summed E-state index contributed by atoms with van der Waals surface area (Å²) >= 11 is 0. The highest BCUT2D eigenvalue weighted by molar-refractivity contribution is 6.02. The van der Waals surface area contributed by atoms with Crippen molar-refractivity contribution in [3.05, 3.63) is 34.1 Å². The number of nitriles is 1. The number of carbonyl (C=O) groups is 2. The summed E-state index contributed by atoms with van der Waals surface area (Å²) in [5.74, 6) is -1.04. The number of imide groups is 1. The molecule has 0 aromatic carbocycles. The molecule has 0 spiro atoms. The van der Waals surface area contributed by atoms with E-state index in [0.717, 1.165) is 12.1 Å². The maximum Gasteiger partial charge on any atom is 0.433 e. The molecule has 1 atom stereocenters. The molecule has 1 aromatic rings. The molecule has 1 fully saturated rings. The minimum atomic E-state index is -0.711. The molecule has 0 radical (unpaired) electrons. The van der Waals surface area contributed by atoms with Gasteiger partial charge in [0.2, 0.25) is 0 Å². The Labute approximate surface area is 112 Å². The number of rotatable bonds is 3.